The zero-order valence-electron chi connectivity index (χ0n) is 22.7. The molecule has 1 atom stereocenters. The Balaban J connectivity index is 1.50. The van der Waals surface area contributed by atoms with Crippen LogP contribution in [0.25, 0.3) is 27.9 Å². The van der Waals surface area contributed by atoms with E-state index in [0.717, 1.165) is 46.5 Å². The van der Waals surface area contributed by atoms with Crippen molar-refractivity contribution >= 4 is 22.3 Å². The first-order chi connectivity index (χ1) is 18.8. The fraction of sp³-hybridized carbons (Fsp3) is 0.323. The number of benzene rings is 2. The molecule has 1 fully saturated rings. The lowest BCUT2D eigenvalue weighted by atomic mass is 10.0. The summed E-state index contributed by atoms with van der Waals surface area (Å²) in [6, 6.07) is 16.9. The van der Waals surface area contributed by atoms with E-state index in [9.17, 15) is 5.11 Å². The SMILES string of the molecule is CN1C=C(c2ccc3nc(-c4cnn(CC(C)(C)O)c4)nc(N4CCOC[C@@H]4c4ccccc4)c3c2)C=CC1. The fourth-order valence-electron chi connectivity index (χ4n) is 5.26. The van der Waals surface area contributed by atoms with E-state index >= 15 is 0 Å². The van der Waals surface area contributed by atoms with Crippen LogP contribution in [0.2, 0.25) is 0 Å². The van der Waals surface area contributed by atoms with Crippen LogP contribution in [0.1, 0.15) is 31.0 Å². The topological polar surface area (TPSA) is 79.5 Å². The van der Waals surface area contributed by atoms with Crippen molar-refractivity contribution in [3.63, 3.8) is 0 Å². The standard InChI is InChI=1S/C31H34N6O2/c1-31(2,38)21-36-19-25(17-32-36)29-33-27-12-11-23(24-10-7-13-35(3)18-24)16-26(27)30(34-29)37-14-15-39-20-28(37)22-8-5-4-6-9-22/h4-12,16-19,28,38H,13-15,20-21H2,1-3H3/t28-/m1/s1. The number of ether oxygens (including phenoxy) is 1. The first kappa shape index (κ1) is 25.3. The van der Waals surface area contributed by atoms with Gasteiger partial charge in [-0.05, 0) is 42.7 Å². The van der Waals surface area contributed by atoms with Gasteiger partial charge in [0.05, 0.1) is 48.7 Å². The lowest BCUT2D eigenvalue weighted by molar-refractivity contribution is 0.0577. The van der Waals surface area contributed by atoms with Gasteiger partial charge in [-0.25, -0.2) is 9.97 Å². The summed E-state index contributed by atoms with van der Waals surface area (Å²) in [6.07, 6.45) is 10.2. The van der Waals surface area contributed by atoms with Crippen molar-refractivity contribution in [2.24, 2.45) is 0 Å². The zero-order valence-corrected chi connectivity index (χ0v) is 22.7. The van der Waals surface area contributed by atoms with Gasteiger partial charge >= 0.3 is 0 Å². The van der Waals surface area contributed by atoms with Crippen LogP contribution in [0.15, 0.2) is 79.3 Å². The second-order valence-electron chi connectivity index (χ2n) is 11.0. The van der Waals surface area contributed by atoms with Crippen molar-refractivity contribution in [1.82, 2.24) is 24.6 Å². The Hall–Kier alpha value is -4.01. The molecule has 6 rings (SSSR count). The van der Waals surface area contributed by atoms with E-state index in [1.807, 2.05) is 12.3 Å². The number of morpholine rings is 1. The number of hydrogen-bond donors (Lipinski definition) is 1. The summed E-state index contributed by atoms with van der Waals surface area (Å²) >= 11 is 0. The fourth-order valence-corrected chi connectivity index (χ4v) is 5.26. The van der Waals surface area contributed by atoms with Crippen LogP contribution in [0.5, 0.6) is 0 Å². The van der Waals surface area contributed by atoms with Gasteiger partial charge in [0.2, 0.25) is 0 Å². The molecule has 2 aliphatic heterocycles. The minimum Gasteiger partial charge on any atom is -0.389 e. The largest absolute Gasteiger partial charge is 0.389 e. The number of nitrogens with zero attached hydrogens (tertiary/aromatic N) is 6. The van der Waals surface area contributed by atoms with Crippen LogP contribution in [-0.2, 0) is 11.3 Å². The van der Waals surface area contributed by atoms with Crippen LogP contribution in [-0.4, -0.2) is 68.7 Å². The van der Waals surface area contributed by atoms with E-state index in [1.165, 1.54) is 5.56 Å². The normalized spacial score (nSPS) is 18.1. The van der Waals surface area contributed by atoms with Crippen LogP contribution in [0.4, 0.5) is 5.82 Å². The van der Waals surface area contributed by atoms with Crippen LogP contribution < -0.4 is 4.90 Å². The molecule has 0 unspecified atom stereocenters. The van der Waals surface area contributed by atoms with Crippen LogP contribution in [0, 0.1) is 0 Å². The molecule has 2 aliphatic rings. The summed E-state index contributed by atoms with van der Waals surface area (Å²) in [5.74, 6) is 1.50. The number of aliphatic hydroxyl groups is 1. The second-order valence-corrected chi connectivity index (χ2v) is 11.0. The lowest BCUT2D eigenvalue weighted by Crippen LogP contribution is -2.40. The maximum Gasteiger partial charge on any atom is 0.165 e. The summed E-state index contributed by atoms with van der Waals surface area (Å²) in [4.78, 5) is 14.7. The molecule has 0 aliphatic carbocycles. The van der Waals surface area contributed by atoms with Crippen molar-refractivity contribution in [3.8, 4) is 11.4 Å². The molecule has 0 bridgehead atoms. The lowest BCUT2D eigenvalue weighted by Gasteiger charge is -2.37. The summed E-state index contributed by atoms with van der Waals surface area (Å²) in [5, 5.41) is 15.7. The highest BCUT2D eigenvalue weighted by molar-refractivity contribution is 5.94. The molecular weight excluding hydrogens is 488 g/mol. The van der Waals surface area contributed by atoms with E-state index in [-0.39, 0.29) is 6.04 Å². The smallest absolute Gasteiger partial charge is 0.165 e. The third-order valence-corrected chi connectivity index (χ3v) is 7.08. The summed E-state index contributed by atoms with van der Waals surface area (Å²) in [7, 11) is 2.08. The van der Waals surface area contributed by atoms with E-state index in [4.69, 9.17) is 14.7 Å². The summed E-state index contributed by atoms with van der Waals surface area (Å²) < 4.78 is 7.69. The van der Waals surface area contributed by atoms with E-state index in [2.05, 4.69) is 82.8 Å². The molecule has 0 saturated carbocycles. The van der Waals surface area contributed by atoms with E-state index in [1.54, 1.807) is 24.7 Å². The quantitative estimate of drug-likeness (QED) is 0.394. The average Bonchev–Trinajstić information content (AvgIpc) is 3.39. The van der Waals surface area contributed by atoms with Gasteiger partial charge in [-0.2, -0.15) is 5.10 Å². The molecule has 0 amide bonds. The molecule has 0 radical (unpaired) electrons. The zero-order chi connectivity index (χ0) is 27.0. The number of hydrogen-bond acceptors (Lipinski definition) is 7. The number of likely N-dealkylation sites (N-methyl/N-ethyl adjacent to an activating group) is 1. The van der Waals surface area contributed by atoms with Gasteiger partial charge in [-0.1, -0.05) is 48.6 Å². The first-order valence-electron chi connectivity index (χ1n) is 13.4. The van der Waals surface area contributed by atoms with Gasteiger partial charge in [0.15, 0.2) is 5.82 Å². The molecule has 2 aromatic heterocycles. The van der Waals surface area contributed by atoms with Gasteiger partial charge < -0.3 is 19.6 Å². The Morgan fingerprint density at radius 2 is 1.92 bits per heavy atom. The van der Waals surface area contributed by atoms with Crippen molar-refractivity contribution < 1.29 is 9.84 Å². The van der Waals surface area contributed by atoms with Crippen molar-refractivity contribution in [1.29, 1.82) is 0 Å². The Morgan fingerprint density at radius 1 is 1.08 bits per heavy atom. The van der Waals surface area contributed by atoms with E-state index < -0.39 is 5.60 Å². The molecule has 1 N–H and O–H groups in total. The molecular formula is C31H34N6O2. The highest BCUT2D eigenvalue weighted by Crippen LogP contribution is 2.36. The van der Waals surface area contributed by atoms with Gasteiger partial charge in [-0.15, -0.1) is 0 Å². The average molecular weight is 523 g/mol. The Kier molecular flexibility index (Phi) is 6.66. The highest BCUT2D eigenvalue weighted by Gasteiger charge is 2.28. The van der Waals surface area contributed by atoms with Gasteiger partial charge in [-0.3, -0.25) is 4.68 Å². The van der Waals surface area contributed by atoms with E-state index in [0.29, 0.717) is 25.6 Å². The monoisotopic (exact) mass is 522 g/mol. The number of aromatic nitrogens is 4. The predicted molar refractivity (Wildman–Crippen MR) is 154 cm³/mol. The van der Waals surface area contributed by atoms with Gasteiger partial charge in [0.1, 0.15) is 5.82 Å². The molecule has 0 spiro atoms. The number of fused-ring (bicyclic) bond motifs is 1. The molecule has 4 aromatic rings. The maximum atomic E-state index is 10.3. The summed E-state index contributed by atoms with van der Waals surface area (Å²) in [6.45, 7) is 6.77. The first-order valence-corrected chi connectivity index (χ1v) is 13.4. The third-order valence-electron chi connectivity index (χ3n) is 7.08. The van der Waals surface area contributed by atoms with Crippen molar-refractivity contribution in [2.45, 2.75) is 32.0 Å². The maximum absolute atomic E-state index is 10.3. The van der Waals surface area contributed by atoms with Gasteiger partial charge in [0.25, 0.3) is 0 Å². The van der Waals surface area contributed by atoms with Crippen molar-refractivity contribution in [2.75, 3.05) is 38.3 Å². The Bertz CT molecular complexity index is 1540. The number of rotatable bonds is 6. The molecule has 200 valence electrons. The molecule has 4 heterocycles. The van der Waals surface area contributed by atoms with Gasteiger partial charge in [0, 0.05) is 37.9 Å². The molecule has 39 heavy (non-hydrogen) atoms. The highest BCUT2D eigenvalue weighted by atomic mass is 16.5. The molecule has 8 heteroatoms. The third kappa shape index (κ3) is 5.44. The number of anilines is 1. The van der Waals surface area contributed by atoms with Crippen LogP contribution in [0.3, 0.4) is 0 Å². The van der Waals surface area contributed by atoms with Crippen LogP contribution >= 0.6 is 0 Å². The Morgan fingerprint density at radius 3 is 2.72 bits per heavy atom. The summed E-state index contributed by atoms with van der Waals surface area (Å²) in [5.41, 5.74) is 4.30. The minimum atomic E-state index is -0.873. The Labute approximate surface area is 228 Å². The molecule has 1 saturated heterocycles. The predicted octanol–water partition coefficient (Wildman–Crippen LogP) is 4.68. The second kappa shape index (κ2) is 10.3. The van der Waals surface area contributed by atoms with Crippen molar-refractivity contribution in [3.05, 3.63) is 90.4 Å². The molecule has 8 nitrogen and oxygen atoms in total. The molecule has 2 aromatic carbocycles. The number of allylic oxidation sites excluding steroid dienone is 2. The minimum absolute atomic E-state index is 0.0346.